The Morgan fingerprint density at radius 3 is 3.04 bits per heavy atom. The standard InChI is InChI=1S/C20H22N6O2/c1-21-18-7-17-23-15-4-2-3-12(6-15)5-13-9-25(10-14(13)11-27)20(28)16-8-22-26(18)19(16)24-17/h2-4,6-8,13-14,21,27H,5,9-11H2,1H3,(H,23,24)/t13-,14-/m0/s1. The first kappa shape index (κ1) is 17.0. The van der Waals surface area contributed by atoms with Gasteiger partial charge in [0.1, 0.15) is 17.2 Å². The minimum Gasteiger partial charge on any atom is -0.396 e. The highest BCUT2D eigenvalue weighted by Gasteiger charge is 2.36. The Morgan fingerprint density at radius 1 is 1.32 bits per heavy atom. The Labute approximate surface area is 162 Å². The Hall–Kier alpha value is -3.13. The van der Waals surface area contributed by atoms with Crippen LogP contribution in [0.2, 0.25) is 0 Å². The van der Waals surface area contributed by atoms with Crippen LogP contribution in [0.15, 0.2) is 36.5 Å². The maximum Gasteiger partial charge on any atom is 0.259 e. The third kappa shape index (κ3) is 2.68. The topological polar surface area (TPSA) is 94.8 Å². The first-order chi connectivity index (χ1) is 13.7. The zero-order valence-corrected chi connectivity index (χ0v) is 15.6. The number of nitrogens with one attached hydrogen (secondary N) is 2. The number of anilines is 3. The van der Waals surface area contributed by atoms with Crippen LogP contribution in [0.3, 0.4) is 0 Å². The van der Waals surface area contributed by atoms with E-state index in [4.69, 9.17) is 0 Å². The van der Waals surface area contributed by atoms with Gasteiger partial charge < -0.3 is 20.6 Å². The van der Waals surface area contributed by atoms with E-state index in [1.54, 1.807) is 10.7 Å². The van der Waals surface area contributed by atoms with Crippen LogP contribution >= 0.6 is 0 Å². The molecule has 3 N–H and O–H groups in total. The van der Waals surface area contributed by atoms with E-state index in [0.717, 1.165) is 17.9 Å². The first-order valence-electron chi connectivity index (χ1n) is 9.49. The van der Waals surface area contributed by atoms with Gasteiger partial charge in [-0.2, -0.15) is 9.61 Å². The first-order valence-corrected chi connectivity index (χ1v) is 9.49. The zero-order valence-electron chi connectivity index (χ0n) is 15.6. The SMILES string of the molecule is CNc1cc2nc3c(cnn13)C(=O)N1C[C@@H](CO)[C@@H](Cc3cccc(c3)N2)C1. The van der Waals surface area contributed by atoms with Gasteiger partial charge in [0.05, 0.1) is 6.20 Å². The van der Waals surface area contributed by atoms with Gasteiger partial charge in [0.25, 0.3) is 5.91 Å². The van der Waals surface area contributed by atoms with E-state index in [1.807, 2.05) is 30.1 Å². The number of hydrogen-bond acceptors (Lipinski definition) is 6. The molecular formula is C20H22N6O2. The fourth-order valence-corrected chi connectivity index (χ4v) is 4.30. The lowest BCUT2D eigenvalue weighted by Crippen LogP contribution is -2.29. The molecule has 2 aromatic heterocycles. The van der Waals surface area contributed by atoms with E-state index in [1.165, 1.54) is 5.56 Å². The van der Waals surface area contributed by atoms with Gasteiger partial charge in [-0.05, 0) is 30.0 Å². The van der Waals surface area contributed by atoms with Crippen LogP contribution in [0.25, 0.3) is 5.65 Å². The summed E-state index contributed by atoms with van der Waals surface area (Å²) in [5, 5.41) is 20.7. The van der Waals surface area contributed by atoms with E-state index in [0.29, 0.717) is 30.1 Å². The monoisotopic (exact) mass is 378 g/mol. The maximum atomic E-state index is 13.2. The highest BCUT2D eigenvalue weighted by Crippen LogP contribution is 2.31. The molecule has 5 rings (SSSR count). The van der Waals surface area contributed by atoms with Gasteiger partial charge in [0, 0.05) is 44.4 Å². The molecule has 1 saturated heterocycles. The fourth-order valence-electron chi connectivity index (χ4n) is 4.30. The average molecular weight is 378 g/mol. The normalized spacial score (nSPS) is 21.2. The third-order valence-electron chi connectivity index (χ3n) is 5.75. The van der Waals surface area contributed by atoms with Crippen molar-refractivity contribution in [2.45, 2.75) is 6.42 Å². The van der Waals surface area contributed by atoms with Crippen molar-refractivity contribution in [2.24, 2.45) is 11.8 Å². The predicted octanol–water partition coefficient (Wildman–Crippen LogP) is 1.75. The summed E-state index contributed by atoms with van der Waals surface area (Å²) in [6.45, 7) is 1.25. The molecule has 0 aliphatic carbocycles. The molecular weight excluding hydrogens is 356 g/mol. The van der Waals surface area contributed by atoms with Gasteiger partial charge in [0.2, 0.25) is 0 Å². The van der Waals surface area contributed by atoms with Crippen molar-refractivity contribution in [1.82, 2.24) is 19.5 Å². The second-order valence-corrected chi connectivity index (χ2v) is 7.51. The molecule has 1 amide bonds. The minimum absolute atomic E-state index is 0.0711. The van der Waals surface area contributed by atoms with Crippen LogP contribution in [-0.4, -0.2) is 57.3 Å². The second kappa shape index (κ2) is 6.49. The van der Waals surface area contributed by atoms with Gasteiger partial charge >= 0.3 is 0 Å². The molecule has 0 unspecified atom stereocenters. The van der Waals surface area contributed by atoms with E-state index >= 15 is 0 Å². The minimum atomic E-state index is -0.0893. The Bertz CT molecular complexity index is 1060. The van der Waals surface area contributed by atoms with Crippen molar-refractivity contribution >= 4 is 28.9 Å². The highest BCUT2D eigenvalue weighted by molar-refractivity contribution is 6.00. The maximum absolute atomic E-state index is 13.2. The van der Waals surface area contributed by atoms with Crippen LogP contribution in [0.5, 0.6) is 0 Å². The van der Waals surface area contributed by atoms with Crippen molar-refractivity contribution in [3.8, 4) is 0 Å². The second-order valence-electron chi connectivity index (χ2n) is 7.51. The zero-order chi connectivity index (χ0) is 19.3. The number of aromatic nitrogens is 3. The van der Waals surface area contributed by atoms with E-state index in [-0.39, 0.29) is 24.3 Å². The molecule has 0 saturated carbocycles. The number of amides is 1. The molecule has 2 aliphatic rings. The van der Waals surface area contributed by atoms with E-state index < -0.39 is 0 Å². The smallest absolute Gasteiger partial charge is 0.259 e. The number of fused-ring (bicyclic) bond motifs is 5. The summed E-state index contributed by atoms with van der Waals surface area (Å²) in [5.74, 6) is 1.59. The van der Waals surface area contributed by atoms with Gasteiger partial charge in [-0.25, -0.2) is 4.98 Å². The van der Waals surface area contributed by atoms with Gasteiger partial charge in [0.15, 0.2) is 5.65 Å². The number of hydrogen-bond donors (Lipinski definition) is 3. The molecule has 2 atom stereocenters. The lowest BCUT2D eigenvalue weighted by molar-refractivity contribution is 0.0782. The van der Waals surface area contributed by atoms with E-state index in [2.05, 4.69) is 32.8 Å². The van der Waals surface area contributed by atoms with Crippen LogP contribution in [0, 0.1) is 11.8 Å². The molecule has 1 fully saturated rings. The number of aliphatic hydroxyl groups is 1. The van der Waals surface area contributed by atoms with Crippen LogP contribution in [-0.2, 0) is 6.42 Å². The summed E-state index contributed by atoms with van der Waals surface area (Å²) >= 11 is 0. The molecule has 0 spiro atoms. The molecule has 0 radical (unpaired) electrons. The van der Waals surface area contributed by atoms with Crippen LogP contribution in [0.1, 0.15) is 15.9 Å². The summed E-state index contributed by atoms with van der Waals surface area (Å²) in [7, 11) is 1.81. The third-order valence-corrected chi connectivity index (χ3v) is 5.75. The molecule has 8 heteroatoms. The van der Waals surface area contributed by atoms with Gasteiger partial charge in [-0.1, -0.05) is 12.1 Å². The summed E-state index contributed by atoms with van der Waals surface area (Å²) in [4.78, 5) is 19.7. The lowest BCUT2D eigenvalue weighted by atomic mass is 9.90. The summed E-state index contributed by atoms with van der Waals surface area (Å²) in [6, 6.07) is 10.1. The van der Waals surface area contributed by atoms with Crippen molar-refractivity contribution < 1.29 is 9.90 Å². The Balaban J connectivity index is 1.70. The fraction of sp³-hybridized carbons (Fsp3) is 0.350. The number of aliphatic hydroxyl groups excluding tert-OH is 1. The molecule has 2 aliphatic heterocycles. The molecule has 4 heterocycles. The number of rotatable bonds is 2. The van der Waals surface area contributed by atoms with Crippen molar-refractivity contribution in [3.63, 3.8) is 0 Å². The van der Waals surface area contributed by atoms with Crippen molar-refractivity contribution in [2.75, 3.05) is 37.4 Å². The van der Waals surface area contributed by atoms with Crippen molar-refractivity contribution in [3.05, 3.63) is 47.7 Å². The Kier molecular flexibility index (Phi) is 3.94. The highest BCUT2D eigenvalue weighted by atomic mass is 16.3. The van der Waals surface area contributed by atoms with E-state index in [9.17, 15) is 9.90 Å². The number of benzene rings is 1. The molecule has 6 bridgehead atoms. The molecule has 1 aromatic carbocycles. The van der Waals surface area contributed by atoms with Gasteiger partial charge in [-0.15, -0.1) is 0 Å². The summed E-state index contributed by atoms with van der Waals surface area (Å²) in [5.41, 5.74) is 3.11. The number of nitrogens with zero attached hydrogens (tertiary/aromatic N) is 4. The largest absolute Gasteiger partial charge is 0.396 e. The molecule has 3 aromatic rings. The molecule has 28 heavy (non-hydrogen) atoms. The van der Waals surface area contributed by atoms with Crippen molar-refractivity contribution in [1.29, 1.82) is 0 Å². The number of carbonyl (C=O) groups excluding carboxylic acids is 1. The summed E-state index contributed by atoms with van der Waals surface area (Å²) < 4.78 is 1.64. The van der Waals surface area contributed by atoms with Crippen LogP contribution < -0.4 is 10.6 Å². The predicted molar refractivity (Wildman–Crippen MR) is 106 cm³/mol. The Morgan fingerprint density at radius 2 is 2.21 bits per heavy atom. The summed E-state index contributed by atoms with van der Waals surface area (Å²) in [6.07, 6.45) is 2.40. The number of carbonyl (C=O) groups is 1. The quantitative estimate of drug-likeness (QED) is 0.629. The average Bonchev–Trinajstić information content (AvgIpc) is 3.30. The van der Waals surface area contributed by atoms with Gasteiger partial charge in [-0.3, -0.25) is 4.79 Å². The molecule has 8 nitrogen and oxygen atoms in total. The lowest BCUT2D eigenvalue weighted by Gasteiger charge is -2.16. The van der Waals surface area contributed by atoms with Crippen LogP contribution in [0.4, 0.5) is 17.3 Å². The molecule has 144 valence electrons.